The van der Waals surface area contributed by atoms with Crippen LogP contribution in [-0.2, 0) is 11.2 Å². The van der Waals surface area contributed by atoms with Gasteiger partial charge in [0, 0.05) is 11.4 Å². The van der Waals surface area contributed by atoms with Gasteiger partial charge in [0.15, 0.2) is 0 Å². The molecule has 2 aromatic rings. The smallest absolute Gasteiger partial charge is 0.124 e. The minimum Gasteiger partial charge on any atom is -0.488 e. The van der Waals surface area contributed by atoms with Crippen molar-refractivity contribution in [1.29, 1.82) is 0 Å². The molecular formula is C23H29ClO8. The highest BCUT2D eigenvalue weighted by atomic mass is 35.5. The van der Waals surface area contributed by atoms with E-state index in [1.807, 2.05) is 24.3 Å². The van der Waals surface area contributed by atoms with Gasteiger partial charge in [-0.25, -0.2) is 0 Å². The third-order valence-electron chi connectivity index (χ3n) is 5.52. The fourth-order valence-corrected chi connectivity index (χ4v) is 3.72. The Morgan fingerprint density at radius 1 is 0.969 bits per heavy atom. The van der Waals surface area contributed by atoms with Crippen LogP contribution < -0.4 is 4.74 Å². The summed E-state index contributed by atoms with van der Waals surface area (Å²) < 4.78 is 11.2. The second-order valence-electron chi connectivity index (χ2n) is 7.94. The van der Waals surface area contributed by atoms with Crippen LogP contribution in [0.1, 0.15) is 29.2 Å². The summed E-state index contributed by atoms with van der Waals surface area (Å²) in [5.74, 6) is 0.750. The van der Waals surface area contributed by atoms with E-state index >= 15 is 0 Å². The highest BCUT2D eigenvalue weighted by Gasteiger charge is 2.34. The maximum atomic E-state index is 10.5. The monoisotopic (exact) mass is 468 g/mol. The van der Waals surface area contributed by atoms with E-state index in [0.717, 1.165) is 17.7 Å². The average Bonchev–Trinajstić information content (AvgIpc) is 3.32. The highest BCUT2D eigenvalue weighted by molar-refractivity contribution is 6.31. The van der Waals surface area contributed by atoms with Crippen LogP contribution in [-0.4, -0.2) is 81.0 Å². The van der Waals surface area contributed by atoms with Crippen LogP contribution in [0.2, 0.25) is 5.02 Å². The first kappa shape index (κ1) is 24.9. The molecule has 8 nitrogen and oxygen atoms in total. The molecule has 6 atom stereocenters. The molecule has 1 heterocycles. The molecule has 1 saturated heterocycles. The van der Waals surface area contributed by atoms with E-state index < -0.39 is 37.1 Å². The number of hydrogen-bond donors (Lipinski definition) is 6. The lowest BCUT2D eigenvalue weighted by atomic mass is 9.93. The first-order valence-electron chi connectivity index (χ1n) is 10.4. The molecule has 0 unspecified atom stereocenters. The second kappa shape index (κ2) is 11.4. The molecule has 0 radical (unpaired) electrons. The number of aliphatic hydroxyl groups is 6. The molecule has 0 bridgehead atoms. The molecule has 0 aromatic heterocycles. The molecule has 3 rings (SSSR count). The Morgan fingerprint density at radius 2 is 1.69 bits per heavy atom. The van der Waals surface area contributed by atoms with Crippen molar-refractivity contribution in [2.45, 2.75) is 49.5 Å². The van der Waals surface area contributed by atoms with Crippen molar-refractivity contribution >= 4 is 11.6 Å². The van der Waals surface area contributed by atoms with E-state index in [4.69, 9.17) is 26.2 Å². The Bertz CT molecular complexity index is 856. The van der Waals surface area contributed by atoms with Crippen LogP contribution >= 0.6 is 11.6 Å². The van der Waals surface area contributed by atoms with Gasteiger partial charge in [-0.2, -0.15) is 0 Å². The SMILES string of the molecule is OC[C@@H](O)[C@@H](O)[C@H](O)[C@@H](O)[C@@H](O)c1ccc(Cl)c(Cc2ccc(O[C@H]3CCOC3)cc2)c1. The van der Waals surface area contributed by atoms with Gasteiger partial charge >= 0.3 is 0 Å². The van der Waals surface area contributed by atoms with E-state index in [-0.39, 0.29) is 11.7 Å². The Labute approximate surface area is 191 Å². The van der Waals surface area contributed by atoms with Crippen molar-refractivity contribution in [2.75, 3.05) is 19.8 Å². The molecule has 176 valence electrons. The molecular weight excluding hydrogens is 440 g/mol. The number of aliphatic hydroxyl groups excluding tert-OH is 6. The Kier molecular flexibility index (Phi) is 8.87. The zero-order valence-corrected chi connectivity index (χ0v) is 18.2. The van der Waals surface area contributed by atoms with Crippen molar-refractivity contribution in [3.05, 3.63) is 64.2 Å². The molecule has 1 fully saturated rings. The lowest BCUT2D eigenvalue weighted by Gasteiger charge is -2.28. The van der Waals surface area contributed by atoms with Crippen molar-refractivity contribution in [3.63, 3.8) is 0 Å². The summed E-state index contributed by atoms with van der Waals surface area (Å²) in [6.07, 6.45) is -7.31. The maximum absolute atomic E-state index is 10.5. The molecule has 0 aliphatic carbocycles. The minimum absolute atomic E-state index is 0.0623. The van der Waals surface area contributed by atoms with E-state index in [0.29, 0.717) is 30.2 Å². The summed E-state index contributed by atoms with van der Waals surface area (Å²) in [5.41, 5.74) is 1.93. The van der Waals surface area contributed by atoms with Gasteiger partial charge in [-0.05, 0) is 41.3 Å². The lowest BCUT2D eigenvalue weighted by molar-refractivity contribution is -0.141. The summed E-state index contributed by atoms with van der Waals surface area (Å²) in [6.45, 7) is 0.490. The van der Waals surface area contributed by atoms with Gasteiger partial charge in [0.25, 0.3) is 0 Å². The number of benzene rings is 2. The summed E-state index contributed by atoms with van der Waals surface area (Å²) in [6, 6.07) is 12.2. The van der Waals surface area contributed by atoms with E-state index in [2.05, 4.69) is 0 Å². The first-order valence-corrected chi connectivity index (χ1v) is 10.8. The molecule has 0 saturated carbocycles. The topological polar surface area (TPSA) is 140 Å². The number of hydrogen-bond acceptors (Lipinski definition) is 8. The quantitative estimate of drug-likeness (QED) is 0.297. The standard InChI is InChI=1S/C23H29ClO8/c24-18-6-3-14(20(27)22(29)23(30)21(28)19(26)11-25)10-15(18)9-13-1-4-16(5-2-13)32-17-7-8-31-12-17/h1-6,10,17,19-23,25-30H,7-9,11-12H2/t17-,19+,20-,21+,22-,23-/m0/s1. The van der Waals surface area contributed by atoms with Crippen LogP contribution in [0.4, 0.5) is 0 Å². The number of halogens is 1. The number of rotatable bonds is 10. The van der Waals surface area contributed by atoms with Crippen LogP contribution in [0.3, 0.4) is 0 Å². The predicted molar refractivity (Wildman–Crippen MR) is 117 cm³/mol. The van der Waals surface area contributed by atoms with E-state index in [1.54, 1.807) is 12.1 Å². The summed E-state index contributed by atoms with van der Waals surface area (Å²) in [7, 11) is 0. The largest absolute Gasteiger partial charge is 0.488 e. The normalized spacial score (nSPS) is 21.0. The Balaban J connectivity index is 1.68. The average molecular weight is 469 g/mol. The molecule has 9 heteroatoms. The summed E-state index contributed by atoms with van der Waals surface area (Å²) >= 11 is 6.32. The van der Waals surface area contributed by atoms with Gasteiger partial charge in [0.1, 0.15) is 42.4 Å². The molecule has 1 aliphatic rings. The van der Waals surface area contributed by atoms with Crippen LogP contribution in [0.5, 0.6) is 5.75 Å². The molecule has 32 heavy (non-hydrogen) atoms. The van der Waals surface area contributed by atoms with Crippen LogP contribution in [0, 0.1) is 0 Å². The third kappa shape index (κ3) is 6.18. The van der Waals surface area contributed by atoms with Gasteiger partial charge in [-0.15, -0.1) is 0 Å². The van der Waals surface area contributed by atoms with E-state index in [9.17, 15) is 25.5 Å². The van der Waals surface area contributed by atoms with Gasteiger partial charge in [-0.3, -0.25) is 0 Å². The Morgan fingerprint density at radius 3 is 2.31 bits per heavy atom. The maximum Gasteiger partial charge on any atom is 0.124 e. The fourth-order valence-electron chi connectivity index (χ4n) is 3.54. The van der Waals surface area contributed by atoms with Gasteiger partial charge in [0.2, 0.25) is 0 Å². The molecule has 2 aromatic carbocycles. The fraction of sp³-hybridized carbons (Fsp3) is 0.478. The molecule has 0 amide bonds. The zero-order valence-electron chi connectivity index (χ0n) is 17.4. The summed E-state index contributed by atoms with van der Waals surface area (Å²) in [4.78, 5) is 0. The third-order valence-corrected chi connectivity index (χ3v) is 5.89. The van der Waals surface area contributed by atoms with Crippen molar-refractivity contribution in [1.82, 2.24) is 0 Å². The lowest BCUT2D eigenvalue weighted by Crippen LogP contribution is -2.47. The molecule has 0 spiro atoms. The van der Waals surface area contributed by atoms with Crippen molar-refractivity contribution in [3.8, 4) is 5.75 Å². The van der Waals surface area contributed by atoms with Gasteiger partial charge < -0.3 is 40.1 Å². The molecule has 6 N–H and O–H groups in total. The second-order valence-corrected chi connectivity index (χ2v) is 8.35. The predicted octanol–water partition coefficient (Wildman–Crippen LogP) is 0.568. The number of ether oxygens (including phenoxy) is 2. The van der Waals surface area contributed by atoms with Crippen LogP contribution in [0.25, 0.3) is 0 Å². The highest BCUT2D eigenvalue weighted by Crippen LogP contribution is 2.28. The summed E-state index contributed by atoms with van der Waals surface area (Å²) in [5, 5.41) is 59.4. The van der Waals surface area contributed by atoms with Crippen LogP contribution in [0.15, 0.2) is 42.5 Å². The first-order chi connectivity index (χ1) is 15.3. The zero-order chi connectivity index (χ0) is 23.3. The van der Waals surface area contributed by atoms with Gasteiger partial charge in [0.05, 0.1) is 19.8 Å². The van der Waals surface area contributed by atoms with Crippen molar-refractivity contribution < 1.29 is 40.1 Å². The van der Waals surface area contributed by atoms with Crippen molar-refractivity contribution in [2.24, 2.45) is 0 Å². The molecule has 1 aliphatic heterocycles. The minimum atomic E-state index is -1.87. The van der Waals surface area contributed by atoms with Gasteiger partial charge in [-0.1, -0.05) is 35.9 Å². The Hall–Kier alpha value is -1.75. The van der Waals surface area contributed by atoms with E-state index in [1.165, 1.54) is 6.07 Å².